The molecule has 7 heteroatoms. The summed E-state index contributed by atoms with van der Waals surface area (Å²) in [5, 5.41) is 14.8. The van der Waals surface area contributed by atoms with E-state index < -0.39 is 4.92 Å². The van der Waals surface area contributed by atoms with E-state index in [9.17, 15) is 10.1 Å². The first kappa shape index (κ1) is 15.4. The number of halogens is 2. The third-order valence-corrected chi connectivity index (χ3v) is 3.75. The Labute approximate surface area is 131 Å². The van der Waals surface area contributed by atoms with Gasteiger partial charge in [0, 0.05) is 18.7 Å². The van der Waals surface area contributed by atoms with Gasteiger partial charge in [0.15, 0.2) is 0 Å². The van der Waals surface area contributed by atoms with Crippen LogP contribution in [0, 0.1) is 10.1 Å². The van der Waals surface area contributed by atoms with Gasteiger partial charge in [0.2, 0.25) is 0 Å². The van der Waals surface area contributed by atoms with Gasteiger partial charge in [0.25, 0.3) is 5.69 Å². The molecular weight excluding hydrogens is 315 g/mol. The summed E-state index contributed by atoms with van der Waals surface area (Å²) in [5.41, 5.74) is 1.29. The molecule has 0 aliphatic heterocycles. The Balaban J connectivity index is 2.24. The summed E-state index contributed by atoms with van der Waals surface area (Å²) < 4.78 is 5.18. The van der Waals surface area contributed by atoms with Gasteiger partial charge in [-0.05, 0) is 17.7 Å². The molecule has 0 bridgehead atoms. The molecule has 21 heavy (non-hydrogen) atoms. The van der Waals surface area contributed by atoms with Crippen LogP contribution < -0.4 is 10.1 Å². The quantitative estimate of drug-likeness (QED) is 0.648. The van der Waals surface area contributed by atoms with Crippen molar-refractivity contribution in [2.45, 2.75) is 6.54 Å². The number of non-ortho nitro benzene ring substituents is 1. The molecule has 0 spiro atoms. The lowest BCUT2D eigenvalue weighted by Gasteiger charge is -2.12. The Morgan fingerprint density at radius 2 is 2.05 bits per heavy atom. The number of nitro benzene ring substituents is 1. The molecule has 0 radical (unpaired) electrons. The zero-order chi connectivity index (χ0) is 15.4. The van der Waals surface area contributed by atoms with Gasteiger partial charge in [-0.15, -0.1) is 0 Å². The lowest BCUT2D eigenvalue weighted by molar-refractivity contribution is -0.384. The number of benzene rings is 2. The molecule has 1 N–H and O–H groups in total. The zero-order valence-electron chi connectivity index (χ0n) is 11.1. The lowest BCUT2D eigenvalue weighted by Crippen LogP contribution is -2.03. The Kier molecular flexibility index (Phi) is 4.88. The molecule has 0 saturated heterocycles. The molecule has 0 aromatic heterocycles. The van der Waals surface area contributed by atoms with Crippen molar-refractivity contribution in [2.24, 2.45) is 0 Å². The highest BCUT2D eigenvalue weighted by atomic mass is 35.5. The van der Waals surface area contributed by atoms with Gasteiger partial charge in [-0.25, -0.2) is 0 Å². The predicted molar refractivity (Wildman–Crippen MR) is 83.4 cm³/mol. The minimum Gasteiger partial charge on any atom is -0.495 e. The third-order valence-electron chi connectivity index (χ3n) is 2.89. The number of nitrogens with one attached hydrogen (secondary N) is 1. The zero-order valence-corrected chi connectivity index (χ0v) is 12.6. The number of nitro groups is 1. The highest BCUT2D eigenvalue weighted by Crippen LogP contribution is 2.31. The maximum absolute atomic E-state index is 10.8. The summed E-state index contributed by atoms with van der Waals surface area (Å²) in [4.78, 5) is 10.4. The van der Waals surface area contributed by atoms with Crippen molar-refractivity contribution in [1.29, 1.82) is 0 Å². The fourth-order valence-corrected chi connectivity index (χ4v) is 2.21. The monoisotopic (exact) mass is 326 g/mol. The van der Waals surface area contributed by atoms with Crippen molar-refractivity contribution in [3.63, 3.8) is 0 Å². The average Bonchev–Trinajstić information content (AvgIpc) is 2.48. The largest absolute Gasteiger partial charge is 0.495 e. The third kappa shape index (κ3) is 3.56. The summed E-state index contributed by atoms with van der Waals surface area (Å²) in [6.07, 6.45) is 0. The second kappa shape index (κ2) is 6.65. The van der Waals surface area contributed by atoms with E-state index in [1.165, 1.54) is 19.2 Å². The number of rotatable bonds is 5. The highest BCUT2D eigenvalue weighted by molar-refractivity contribution is 6.42. The van der Waals surface area contributed by atoms with Crippen molar-refractivity contribution >= 4 is 34.6 Å². The van der Waals surface area contributed by atoms with Gasteiger partial charge < -0.3 is 10.1 Å². The average molecular weight is 327 g/mol. The van der Waals surface area contributed by atoms with Gasteiger partial charge in [0.1, 0.15) is 5.75 Å². The molecule has 0 unspecified atom stereocenters. The minimum atomic E-state index is -0.461. The van der Waals surface area contributed by atoms with Crippen molar-refractivity contribution < 1.29 is 9.66 Å². The second-order valence-corrected chi connectivity index (χ2v) is 4.99. The maximum Gasteiger partial charge on any atom is 0.271 e. The van der Waals surface area contributed by atoms with Crippen molar-refractivity contribution in [3.8, 4) is 5.75 Å². The molecule has 0 atom stereocenters. The Hall–Kier alpha value is -1.98. The van der Waals surface area contributed by atoms with Crippen molar-refractivity contribution in [3.05, 3.63) is 62.1 Å². The number of hydrogen-bond donors (Lipinski definition) is 1. The number of anilines is 1. The second-order valence-electron chi connectivity index (χ2n) is 4.21. The molecule has 0 amide bonds. The first-order valence-electron chi connectivity index (χ1n) is 6.02. The maximum atomic E-state index is 10.8. The summed E-state index contributed by atoms with van der Waals surface area (Å²) in [5.74, 6) is 0.513. The van der Waals surface area contributed by atoms with Gasteiger partial charge >= 0.3 is 0 Å². The Bertz CT molecular complexity index is 677. The summed E-state index contributed by atoms with van der Waals surface area (Å²) in [6, 6.07) is 9.65. The number of hydrogen-bond acceptors (Lipinski definition) is 4. The molecule has 2 rings (SSSR count). The predicted octanol–water partition coefficient (Wildman–Crippen LogP) is 4.52. The van der Waals surface area contributed by atoms with Crippen LogP contribution in [0.25, 0.3) is 0 Å². The SMILES string of the molecule is COc1ccc([N+](=O)[O-])cc1NCc1cccc(Cl)c1Cl. The highest BCUT2D eigenvalue weighted by Gasteiger charge is 2.12. The summed E-state index contributed by atoms with van der Waals surface area (Å²) in [7, 11) is 1.50. The van der Waals surface area contributed by atoms with Crippen LogP contribution in [0.1, 0.15) is 5.56 Å². The van der Waals surface area contributed by atoms with E-state index in [1.54, 1.807) is 18.2 Å². The van der Waals surface area contributed by atoms with Gasteiger partial charge in [-0.1, -0.05) is 35.3 Å². The molecule has 2 aromatic carbocycles. The van der Waals surface area contributed by atoms with Crippen LogP contribution in [0.15, 0.2) is 36.4 Å². The standard InChI is InChI=1S/C14H12Cl2N2O3/c1-21-13-6-5-10(18(19)20)7-12(13)17-8-9-3-2-4-11(15)14(9)16/h2-7,17H,8H2,1H3. The normalized spacial score (nSPS) is 10.2. The van der Waals surface area contributed by atoms with E-state index >= 15 is 0 Å². The molecule has 0 aliphatic carbocycles. The van der Waals surface area contributed by atoms with E-state index in [2.05, 4.69) is 5.32 Å². The number of nitrogens with zero attached hydrogens (tertiary/aromatic N) is 1. The first-order chi connectivity index (χ1) is 10.0. The topological polar surface area (TPSA) is 64.4 Å². The fraction of sp³-hybridized carbons (Fsp3) is 0.143. The van der Waals surface area contributed by atoms with E-state index in [4.69, 9.17) is 27.9 Å². The molecule has 0 aliphatic rings. The smallest absolute Gasteiger partial charge is 0.271 e. The van der Waals surface area contributed by atoms with Crippen LogP contribution in [-0.4, -0.2) is 12.0 Å². The van der Waals surface area contributed by atoms with Crippen LogP contribution in [0.5, 0.6) is 5.75 Å². The fourth-order valence-electron chi connectivity index (χ4n) is 1.82. The Morgan fingerprint density at radius 1 is 1.29 bits per heavy atom. The number of methoxy groups -OCH3 is 1. The van der Waals surface area contributed by atoms with Crippen LogP contribution in [0.4, 0.5) is 11.4 Å². The minimum absolute atomic E-state index is 0.0181. The molecule has 0 fully saturated rings. The molecule has 0 heterocycles. The molecule has 5 nitrogen and oxygen atoms in total. The van der Waals surface area contributed by atoms with Crippen LogP contribution in [0.2, 0.25) is 10.0 Å². The first-order valence-corrected chi connectivity index (χ1v) is 6.77. The van der Waals surface area contributed by atoms with Gasteiger partial charge in [-0.3, -0.25) is 10.1 Å². The van der Waals surface area contributed by atoms with E-state index in [0.29, 0.717) is 28.0 Å². The summed E-state index contributed by atoms with van der Waals surface area (Å²) in [6.45, 7) is 0.372. The van der Waals surface area contributed by atoms with Gasteiger partial charge in [-0.2, -0.15) is 0 Å². The molecule has 2 aromatic rings. The van der Waals surface area contributed by atoms with Crippen LogP contribution in [0.3, 0.4) is 0 Å². The van der Waals surface area contributed by atoms with Crippen LogP contribution in [-0.2, 0) is 6.54 Å². The Morgan fingerprint density at radius 3 is 2.71 bits per heavy atom. The van der Waals surface area contributed by atoms with Crippen LogP contribution >= 0.6 is 23.2 Å². The van der Waals surface area contributed by atoms with Gasteiger partial charge in [0.05, 0.1) is 27.8 Å². The molecule has 110 valence electrons. The van der Waals surface area contributed by atoms with E-state index in [0.717, 1.165) is 5.56 Å². The molecular formula is C14H12Cl2N2O3. The number of ether oxygens (including phenoxy) is 1. The lowest BCUT2D eigenvalue weighted by atomic mass is 10.2. The van der Waals surface area contributed by atoms with Crippen molar-refractivity contribution in [2.75, 3.05) is 12.4 Å². The van der Waals surface area contributed by atoms with E-state index in [-0.39, 0.29) is 5.69 Å². The van der Waals surface area contributed by atoms with E-state index in [1.807, 2.05) is 6.07 Å². The van der Waals surface area contributed by atoms with Crippen molar-refractivity contribution in [1.82, 2.24) is 0 Å². The summed E-state index contributed by atoms with van der Waals surface area (Å²) >= 11 is 12.1. The molecule has 0 saturated carbocycles.